The molecule has 2 fully saturated rings. The van der Waals surface area contributed by atoms with Crippen LogP contribution in [0.2, 0.25) is 0 Å². The lowest BCUT2D eigenvalue weighted by atomic mass is 10.1. The SMILES string of the molecule is O=C1CN(Cc2ccc(Nc3ncc4ccn(-c5cc(F)c(C(=O)N6CCOCC6)c(F)c5)c4n3)cc2)CCN1. The number of amides is 2. The van der Waals surface area contributed by atoms with E-state index in [2.05, 4.69) is 25.5 Å². The first-order chi connectivity index (χ1) is 19.4. The number of fused-ring (bicyclic) bond motifs is 1. The topological polar surface area (TPSA) is 105 Å². The first kappa shape index (κ1) is 25.8. The summed E-state index contributed by atoms with van der Waals surface area (Å²) in [5, 5.41) is 6.67. The number of halogens is 2. The van der Waals surface area contributed by atoms with Gasteiger partial charge >= 0.3 is 0 Å². The highest BCUT2D eigenvalue weighted by atomic mass is 19.1. The second-order valence-corrected chi connectivity index (χ2v) is 9.73. The molecule has 0 saturated carbocycles. The van der Waals surface area contributed by atoms with Crippen LogP contribution in [0.5, 0.6) is 0 Å². The Morgan fingerprint density at radius 1 is 1.05 bits per heavy atom. The van der Waals surface area contributed by atoms with Crippen LogP contribution >= 0.6 is 0 Å². The molecule has 0 bridgehead atoms. The van der Waals surface area contributed by atoms with Gasteiger partial charge in [-0.2, -0.15) is 4.98 Å². The van der Waals surface area contributed by atoms with Crippen LogP contribution in [0.15, 0.2) is 54.9 Å². The van der Waals surface area contributed by atoms with E-state index in [0.717, 1.165) is 29.9 Å². The Labute approximate surface area is 228 Å². The Kier molecular flexibility index (Phi) is 7.10. The van der Waals surface area contributed by atoms with Crippen molar-refractivity contribution >= 4 is 34.5 Å². The summed E-state index contributed by atoms with van der Waals surface area (Å²) in [7, 11) is 0. The van der Waals surface area contributed by atoms with Gasteiger partial charge in [-0.25, -0.2) is 13.8 Å². The number of ether oxygens (including phenoxy) is 1. The number of nitrogens with zero attached hydrogens (tertiary/aromatic N) is 5. The predicted octanol–water partition coefficient (Wildman–Crippen LogP) is 2.85. The number of rotatable bonds is 6. The zero-order chi connectivity index (χ0) is 27.6. The van der Waals surface area contributed by atoms with Crippen molar-refractivity contribution in [1.82, 2.24) is 29.7 Å². The summed E-state index contributed by atoms with van der Waals surface area (Å²) in [6, 6.07) is 11.8. The Morgan fingerprint density at radius 2 is 1.80 bits per heavy atom. The van der Waals surface area contributed by atoms with Crippen molar-refractivity contribution in [2.75, 3.05) is 51.3 Å². The Balaban J connectivity index is 1.21. The number of hydrogen-bond acceptors (Lipinski definition) is 7. The van der Waals surface area contributed by atoms with Crippen molar-refractivity contribution in [2.45, 2.75) is 6.54 Å². The van der Waals surface area contributed by atoms with E-state index in [1.165, 1.54) is 4.90 Å². The van der Waals surface area contributed by atoms with Gasteiger partial charge in [-0.05, 0) is 35.9 Å². The molecular formula is C28H27F2N7O3. The first-order valence-corrected chi connectivity index (χ1v) is 13.0. The van der Waals surface area contributed by atoms with Gasteiger partial charge in [0.05, 0.1) is 25.4 Å². The highest BCUT2D eigenvalue weighted by Crippen LogP contribution is 2.25. The van der Waals surface area contributed by atoms with Crippen molar-refractivity contribution < 1.29 is 23.1 Å². The molecule has 0 spiro atoms. The van der Waals surface area contributed by atoms with E-state index >= 15 is 8.78 Å². The molecule has 6 rings (SSSR count). The Morgan fingerprint density at radius 3 is 2.52 bits per heavy atom. The van der Waals surface area contributed by atoms with Gasteiger partial charge in [0.25, 0.3) is 5.91 Å². The van der Waals surface area contributed by atoms with Gasteiger partial charge in [-0.15, -0.1) is 0 Å². The molecule has 0 radical (unpaired) electrons. The largest absolute Gasteiger partial charge is 0.378 e. The number of carbonyl (C=O) groups excluding carboxylic acids is 2. The molecule has 2 saturated heterocycles. The number of morpholine rings is 1. The number of piperazine rings is 1. The molecule has 2 amide bonds. The van der Waals surface area contributed by atoms with E-state index in [9.17, 15) is 9.59 Å². The molecule has 2 aliphatic rings. The summed E-state index contributed by atoms with van der Waals surface area (Å²) >= 11 is 0. The van der Waals surface area contributed by atoms with Gasteiger partial charge in [0.15, 0.2) is 0 Å². The van der Waals surface area contributed by atoms with Crippen LogP contribution < -0.4 is 10.6 Å². The predicted molar refractivity (Wildman–Crippen MR) is 144 cm³/mol. The molecule has 206 valence electrons. The van der Waals surface area contributed by atoms with Crippen molar-refractivity contribution in [2.24, 2.45) is 0 Å². The van der Waals surface area contributed by atoms with Crippen LogP contribution in [-0.2, 0) is 16.1 Å². The van der Waals surface area contributed by atoms with Gasteiger partial charge in [-0.3, -0.25) is 14.5 Å². The van der Waals surface area contributed by atoms with E-state index in [1.54, 1.807) is 23.0 Å². The maximum Gasteiger partial charge on any atom is 0.259 e. The van der Waals surface area contributed by atoms with Gasteiger partial charge in [-0.1, -0.05) is 12.1 Å². The van der Waals surface area contributed by atoms with Crippen molar-refractivity contribution in [3.63, 3.8) is 0 Å². The minimum atomic E-state index is -0.939. The minimum Gasteiger partial charge on any atom is -0.378 e. The second kappa shape index (κ2) is 11.0. The third-order valence-corrected chi connectivity index (χ3v) is 6.98. The molecule has 40 heavy (non-hydrogen) atoms. The van der Waals surface area contributed by atoms with Crippen LogP contribution in [-0.4, -0.2) is 82.1 Å². The normalized spacial score (nSPS) is 16.2. The average molecular weight is 548 g/mol. The van der Waals surface area contributed by atoms with E-state index in [1.807, 2.05) is 24.3 Å². The van der Waals surface area contributed by atoms with Gasteiger partial charge in [0, 0.05) is 56.2 Å². The molecule has 0 unspecified atom stereocenters. The molecule has 4 aromatic rings. The number of nitrogens with one attached hydrogen (secondary N) is 2. The lowest BCUT2D eigenvalue weighted by molar-refractivity contribution is -0.124. The Bertz CT molecular complexity index is 1550. The fourth-order valence-corrected chi connectivity index (χ4v) is 4.92. The molecule has 4 heterocycles. The smallest absolute Gasteiger partial charge is 0.259 e. The zero-order valence-corrected chi connectivity index (χ0v) is 21.6. The fourth-order valence-electron chi connectivity index (χ4n) is 4.92. The summed E-state index contributed by atoms with van der Waals surface area (Å²) in [6.07, 6.45) is 3.27. The van der Waals surface area contributed by atoms with Crippen molar-refractivity contribution in [1.29, 1.82) is 0 Å². The molecule has 10 nitrogen and oxygen atoms in total. The molecular weight excluding hydrogens is 520 g/mol. The summed E-state index contributed by atoms with van der Waals surface area (Å²) in [5.74, 6) is -2.22. The van der Waals surface area contributed by atoms with Gasteiger partial charge in [0.2, 0.25) is 11.9 Å². The number of aromatic nitrogens is 3. The molecule has 12 heteroatoms. The fraction of sp³-hybridized carbons (Fsp3) is 0.286. The molecule has 2 aromatic carbocycles. The van der Waals surface area contributed by atoms with Crippen molar-refractivity contribution in [3.8, 4) is 5.69 Å². The highest BCUT2D eigenvalue weighted by Gasteiger charge is 2.26. The third-order valence-electron chi connectivity index (χ3n) is 6.98. The third kappa shape index (κ3) is 5.36. The van der Waals surface area contributed by atoms with Crippen LogP contribution in [0.3, 0.4) is 0 Å². The summed E-state index contributed by atoms with van der Waals surface area (Å²) < 4.78 is 36.9. The zero-order valence-electron chi connectivity index (χ0n) is 21.6. The maximum absolute atomic E-state index is 15.1. The van der Waals surface area contributed by atoms with Gasteiger partial charge in [0.1, 0.15) is 22.8 Å². The van der Waals surface area contributed by atoms with Crippen LogP contribution in [0.25, 0.3) is 16.7 Å². The summed E-state index contributed by atoms with van der Waals surface area (Å²) in [6.45, 7) is 3.75. The van der Waals surface area contributed by atoms with Crippen molar-refractivity contribution in [3.05, 3.63) is 77.6 Å². The molecule has 2 aliphatic heterocycles. The van der Waals surface area contributed by atoms with Gasteiger partial charge < -0.3 is 24.8 Å². The molecule has 0 atom stereocenters. The standard InChI is InChI=1S/C28H27F2N7O3/c29-22-13-21(14-23(30)25(22)27(39)36-9-11-40-12-10-36)37-7-5-19-15-32-28(34-26(19)37)33-20-3-1-18(2-4-20)16-35-8-6-31-24(38)17-35/h1-5,7,13-15H,6,8-12,16-17H2,(H,31,38)(H,32,33,34). The number of benzene rings is 2. The first-order valence-electron chi connectivity index (χ1n) is 13.0. The quantitative estimate of drug-likeness (QED) is 0.383. The minimum absolute atomic E-state index is 0.0322. The van der Waals surface area contributed by atoms with Crippen LogP contribution in [0, 0.1) is 11.6 Å². The van der Waals surface area contributed by atoms with E-state index in [-0.39, 0.29) is 24.7 Å². The van der Waals surface area contributed by atoms with Crippen LogP contribution in [0.1, 0.15) is 15.9 Å². The van der Waals surface area contributed by atoms with Crippen LogP contribution in [0.4, 0.5) is 20.4 Å². The number of carbonyl (C=O) groups is 2. The Hall–Kier alpha value is -4.42. The number of anilines is 2. The highest BCUT2D eigenvalue weighted by molar-refractivity contribution is 5.95. The lowest BCUT2D eigenvalue weighted by Gasteiger charge is -2.27. The average Bonchev–Trinajstić information content (AvgIpc) is 3.37. The second-order valence-electron chi connectivity index (χ2n) is 9.73. The maximum atomic E-state index is 15.1. The summed E-state index contributed by atoms with van der Waals surface area (Å²) in [5.41, 5.74) is 1.91. The molecule has 0 aliphatic carbocycles. The van der Waals surface area contributed by atoms with E-state index in [4.69, 9.17) is 4.74 Å². The molecule has 2 aromatic heterocycles. The summed E-state index contributed by atoms with van der Waals surface area (Å²) in [4.78, 5) is 36.8. The van der Waals surface area contributed by atoms with E-state index in [0.29, 0.717) is 49.8 Å². The molecule has 2 N–H and O–H groups in total. The van der Waals surface area contributed by atoms with E-state index < -0.39 is 23.1 Å². The number of hydrogen-bond donors (Lipinski definition) is 2. The monoisotopic (exact) mass is 547 g/mol. The lowest BCUT2D eigenvalue weighted by Crippen LogP contribution is -2.47.